The summed E-state index contributed by atoms with van der Waals surface area (Å²) in [7, 11) is -15.7. The average Bonchev–Trinajstić information content (AvgIpc) is 2.33. The van der Waals surface area contributed by atoms with Gasteiger partial charge in [-0.25, -0.2) is 13.2 Å². The Kier molecular flexibility index (Phi) is 8.93. The van der Waals surface area contributed by atoms with Crippen molar-refractivity contribution in [3.05, 3.63) is 0 Å². The molecule has 0 aliphatic carbocycles. The first-order valence-electron chi connectivity index (χ1n) is 5.52. The summed E-state index contributed by atoms with van der Waals surface area (Å²) in [4.78, 5) is 22.5. The summed E-state index contributed by atoms with van der Waals surface area (Å²) >= 11 is 0. The fraction of sp³-hybridized carbons (Fsp3) is 0.750. The molecule has 0 radical (unpaired) electrons. The van der Waals surface area contributed by atoms with Gasteiger partial charge >= 0.3 is 45.6 Å². The van der Waals surface area contributed by atoms with Crippen LogP contribution in [0.25, 0.3) is 0 Å². The van der Waals surface area contributed by atoms with E-state index < -0.39 is 64.0 Å². The molecule has 0 aliphatic heterocycles. The van der Waals surface area contributed by atoms with Gasteiger partial charge in [-0.05, 0) is 6.92 Å². The van der Waals surface area contributed by atoms with Gasteiger partial charge in [0, 0.05) is 18.1 Å². The molecule has 0 fully saturated rings. The molecule has 0 aliphatic rings. The van der Waals surface area contributed by atoms with Crippen LogP contribution in [0.5, 0.6) is 0 Å². The molecule has 1 atom stereocenters. The number of carboxylic acids is 1. The van der Waals surface area contributed by atoms with Crippen LogP contribution in [0.2, 0.25) is 0 Å². The second-order valence-corrected chi connectivity index (χ2v) is 10.2. The molecule has 0 aromatic rings. The topological polar surface area (TPSA) is 189 Å². The molecule has 0 aromatic heterocycles. The zero-order chi connectivity index (χ0) is 18.0. The van der Waals surface area contributed by atoms with E-state index in [0.717, 1.165) is 13.8 Å². The van der Waals surface area contributed by atoms with Crippen LogP contribution in [-0.2, 0) is 43.8 Å². The minimum atomic E-state index is -5.92. The maximum atomic E-state index is 11.9. The molecule has 23 heavy (non-hydrogen) atoms. The summed E-state index contributed by atoms with van der Waals surface area (Å²) in [6.45, 7) is 1.84. The molecule has 0 spiro atoms. The molecule has 0 heterocycles. The van der Waals surface area contributed by atoms with Gasteiger partial charge in [-0.15, -0.1) is 0 Å². The van der Waals surface area contributed by atoms with Crippen LogP contribution >= 0.6 is 0 Å². The van der Waals surface area contributed by atoms with Crippen LogP contribution in [0, 0.1) is 0 Å². The van der Waals surface area contributed by atoms with Gasteiger partial charge in [0.05, 0.1) is 5.75 Å². The fourth-order valence-electron chi connectivity index (χ4n) is 1.33. The van der Waals surface area contributed by atoms with Crippen LogP contribution in [0.15, 0.2) is 0 Å². The van der Waals surface area contributed by atoms with Gasteiger partial charge in [0.25, 0.3) is 14.2 Å². The van der Waals surface area contributed by atoms with E-state index in [4.69, 9.17) is 4.55 Å². The summed E-state index contributed by atoms with van der Waals surface area (Å²) in [6.07, 6.45) is -2.03. The van der Waals surface area contributed by atoms with Gasteiger partial charge in [0.2, 0.25) is 0 Å². The van der Waals surface area contributed by atoms with E-state index in [1.54, 1.807) is 0 Å². The van der Waals surface area contributed by atoms with Crippen molar-refractivity contribution in [3.63, 3.8) is 0 Å². The van der Waals surface area contributed by atoms with Gasteiger partial charge in [-0.2, -0.15) is 16.8 Å². The van der Waals surface area contributed by atoms with Crippen molar-refractivity contribution in [1.29, 1.82) is 0 Å². The van der Waals surface area contributed by atoms with E-state index in [-0.39, 0.29) is 29.6 Å². The zero-order valence-corrected chi connectivity index (χ0v) is 16.8. The van der Waals surface area contributed by atoms with Gasteiger partial charge in [-0.3, -0.25) is 4.55 Å². The van der Waals surface area contributed by atoms with Crippen molar-refractivity contribution in [2.24, 2.45) is 0 Å². The van der Waals surface area contributed by atoms with Crippen LogP contribution in [0.3, 0.4) is 0 Å². The van der Waals surface area contributed by atoms with Crippen LogP contribution in [0.1, 0.15) is 20.3 Å². The fourth-order valence-corrected chi connectivity index (χ4v) is 5.21. The Balaban J connectivity index is 0. The van der Waals surface area contributed by atoms with E-state index in [9.17, 15) is 39.9 Å². The third-order valence-electron chi connectivity index (χ3n) is 2.54. The molecule has 0 saturated heterocycles. The van der Waals surface area contributed by atoms with Gasteiger partial charge in [0.1, 0.15) is 0 Å². The van der Waals surface area contributed by atoms with Crippen molar-refractivity contribution >= 4 is 42.0 Å². The second kappa shape index (κ2) is 8.22. The SMILES string of the molecule is CCS(=O)(=O)OC(=O)C(CC(=O)[O-])(S(=O)(=O)O)S(=O)(=O)CC.[Na+]. The average molecular weight is 404 g/mol. The minimum absolute atomic E-state index is 0. The maximum absolute atomic E-state index is 11.9. The predicted molar refractivity (Wildman–Crippen MR) is 68.9 cm³/mol. The monoisotopic (exact) mass is 404 g/mol. The zero-order valence-electron chi connectivity index (χ0n) is 12.4. The second-order valence-electron chi connectivity index (χ2n) is 3.90. The van der Waals surface area contributed by atoms with Crippen molar-refractivity contribution in [2.75, 3.05) is 11.5 Å². The Morgan fingerprint density at radius 2 is 1.48 bits per heavy atom. The van der Waals surface area contributed by atoms with Crippen molar-refractivity contribution in [2.45, 2.75) is 24.3 Å². The van der Waals surface area contributed by atoms with Crippen LogP contribution in [-0.4, -0.2) is 57.3 Å². The number of carbonyl (C=O) groups excluding carboxylic acids is 2. The Morgan fingerprint density at radius 3 is 1.74 bits per heavy atom. The quantitative estimate of drug-likeness (QED) is 0.230. The van der Waals surface area contributed by atoms with E-state index in [1.165, 1.54) is 0 Å². The molecule has 1 N–H and O–H groups in total. The molecule has 0 amide bonds. The van der Waals surface area contributed by atoms with Gasteiger partial charge < -0.3 is 14.1 Å². The number of hydrogen-bond donors (Lipinski definition) is 1. The van der Waals surface area contributed by atoms with Gasteiger partial charge in [-0.1, -0.05) is 6.92 Å². The Hall–Kier alpha value is -0.250. The standard InChI is InChI=1S/C8H14O11S3.Na/c1-3-20(12,13)8(5-6(9)10,22(16,17)18)7(11)19-21(14,15)4-2;/h3-5H2,1-2H3,(H,9,10)(H,16,17,18);/q;+1/p-1. The molecule has 0 saturated carbocycles. The van der Waals surface area contributed by atoms with E-state index in [2.05, 4.69) is 4.18 Å². The molecular formula is C8H13NaO11S3. The van der Waals surface area contributed by atoms with Crippen LogP contribution in [0.4, 0.5) is 0 Å². The summed E-state index contributed by atoms with van der Waals surface area (Å²) in [5.41, 5.74) is 0. The largest absolute Gasteiger partial charge is 1.00 e. The first-order valence-corrected chi connectivity index (χ1v) is 10.2. The molecule has 0 rings (SSSR count). The number of hydrogen-bond acceptors (Lipinski definition) is 10. The van der Waals surface area contributed by atoms with Crippen LogP contribution < -0.4 is 34.7 Å². The molecule has 11 nitrogen and oxygen atoms in total. The van der Waals surface area contributed by atoms with Crippen molar-refractivity contribution in [1.82, 2.24) is 0 Å². The molecule has 0 bridgehead atoms. The summed E-state index contributed by atoms with van der Waals surface area (Å²) in [5.74, 6) is -6.72. The molecule has 130 valence electrons. The van der Waals surface area contributed by atoms with Crippen molar-refractivity contribution < 1.29 is 78.2 Å². The predicted octanol–water partition coefficient (Wildman–Crippen LogP) is -5.96. The molecule has 0 aromatic carbocycles. The number of carbonyl (C=O) groups is 2. The number of sulfone groups is 1. The first kappa shape index (κ1) is 25.0. The number of aliphatic carboxylic acids is 1. The Bertz CT molecular complexity index is 764. The normalized spacial score (nSPS) is 15.1. The van der Waals surface area contributed by atoms with Gasteiger partial charge in [0.15, 0.2) is 9.84 Å². The van der Waals surface area contributed by atoms with E-state index in [0.29, 0.717) is 0 Å². The maximum Gasteiger partial charge on any atom is 1.00 e. The molecule has 1 unspecified atom stereocenters. The Morgan fingerprint density at radius 1 is 1.04 bits per heavy atom. The third-order valence-corrected chi connectivity index (χ3v) is 8.27. The van der Waals surface area contributed by atoms with E-state index >= 15 is 0 Å². The summed E-state index contributed by atoms with van der Waals surface area (Å²) < 4.78 is 77.8. The molecular weight excluding hydrogens is 391 g/mol. The minimum Gasteiger partial charge on any atom is -0.550 e. The molecule has 15 heteroatoms. The smallest absolute Gasteiger partial charge is 0.550 e. The summed E-state index contributed by atoms with van der Waals surface area (Å²) in [6, 6.07) is 0. The first-order chi connectivity index (χ1) is 9.67. The number of carboxylic acid groups (broad SMARTS) is 1. The van der Waals surface area contributed by atoms with Crippen molar-refractivity contribution in [3.8, 4) is 0 Å². The van der Waals surface area contributed by atoms with E-state index in [1.807, 2.05) is 0 Å². The Labute approximate surface area is 155 Å². The number of rotatable bonds is 8. The summed E-state index contributed by atoms with van der Waals surface area (Å²) in [5, 5.41) is 10.7. The third kappa shape index (κ3) is 5.37.